The molecular formula is C19H25N5O2. The summed E-state index contributed by atoms with van der Waals surface area (Å²) < 4.78 is 2.02. The maximum absolute atomic E-state index is 12.1. The van der Waals surface area contributed by atoms with Gasteiger partial charge in [-0.25, -0.2) is 0 Å². The third kappa shape index (κ3) is 4.11. The van der Waals surface area contributed by atoms with Crippen LogP contribution in [0, 0.1) is 5.92 Å². The summed E-state index contributed by atoms with van der Waals surface area (Å²) in [6, 6.07) is 5.68. The molecule has 1 atom stereocenters. The Morgan fingerprint density at radius 1 is 1.38 bits per heavy atom. The number of carbonyl (C=O) groups is 1. The van der Waals surface area contributed by atoms with E-state index >= 15 is 0 Å². The second-order valence-corrected chi connectivity index (χ2v) is 7.24. The van der Waals surface area contributed by atoms with E-state index in [0.29, 0.717) is 18.9 Å². The van der Waals surface area contributed by atoms with Gasteiger partial charge >= 0.3 is 0 Å². The maximum Gasteiger partial charge on any atom is 0.225 e. The van der Waals surface area contributed by atoms with Gasteiger partial charge in [0.2, 0.25) is 5.91 Å². The molecule has 2 aromatic heterocycles. The van der Waals surface area contributed by atoms with Gasteiger partial charge in [0.25, 0.3) is 0 Å². The SMILES string of the molecule is O=C(CCN1CCCn2nc(C(O)C3CC3)cc2C1)Nc1cccnc1. The Bertz CT molecular complexity index is 757. The van der Waals surface area contributed by atoms with Crippen LogP contribution in [0.3, 0.4) is 0 Å². The predicted octanol–water partition coefficient (Wildman–Crippen LogP) is 1.96. The van der Waals surface area contributed by atoms with E-state index in [1.807, 2.05) is 16.8 Å². The number of rotatable bonds is 6. The molecule has 1 aliphatic carbocycles. The molecule has 3 heterocycles. The van der Waals surface area contributed by atoms with Crippen LogP contribution < -0.4 is 5.32 Å². The summed E-state index contributed by atoms with van der Waals surface area (Å²) in [5.41, 5.74) is 2.66. The predicted molar refractivity (Wildman–Crippen MR) is 97.3 cm³/mol. The number of nitrogens with zero attached hydrogens (tertiary/aromatic N) is 4. The van der Waals surface area contributed by atoms with Crippen molar-refractivity contribution in [3.8, 4) is 0 Å². The lowest BCUT2D eigenvalue weighted by Gasteiger charge is -2.19. The molecule has 1 unspecified atom stereocenters. The highest BCUT2D eigenvalue weighted by Crippen LogP contribution is 2.40. The zero-order valence-electron chi connectivity index (χ0n) is 14.8. The molecule has 7 nitrogen and oxygen atoms in total. The molecule has 2 N–H and O–H groups in total. The van der Waals surface area contributed by atoms with Gasteiger partial charge in [-0.15, -0.1) is 0 Å². The minimum atomic E-state index is -0.423. The molecule has 1 aliphatic heterocycles. The highest BCUT2D eigenvalue weighted by Gasteiger charge is 2.33. The molecular weight excluding hydrogens is 330 g/mol. The quantitative estimate of drug-likeness (QED) is 0.828. The van der Waals surface area contributed by atoms with Gasteiger partial charge in [-0.3, -0.25) is 19.4 Å². The lowest BCUT2D eigenvalue weighted by atomic mass is 10.1. The van der Waals surface area contributed by atoms with Gasteiger partial charge in [0.05, 0.1) is 23.3 Å². The van der Waals surface area contributed by atoms with Crippen LogP contribution in [-0.4, -0.2) is 43.8 Å². The van der Waals surface area contributed by atoms with Crippen LogP contribution >= 0.6 is 0 Å². The van der Waals surface area contributed by atoms with Crippen molar-refractivity contribution in [2.24, 2.45) is 5.92 Å². The molecule has 0 aromatic carbocycles. The Balaban J connectivity index is 1.32. The fourth-order valence-electron chi connectivity index (χ4n) is 3.46. The van der Waals surface area contributed by atoms with Crippen LogP contribution in [0.15, 0.2) is 30.6 Å². The first kappa shape index (κ1) is 17.2. The van der Waals surface area contributed by atoms with Crippen LogP contribution in [-0.2, 0) is 17.9 Å². The Labute approximate surface area is 153 Å². The first-order valence-corrected chi connectivity index (χ1v) is 9.36. The molecule has 2 aromatic rings. The number of aromatic nitrogens is 3. The zero-order chi connectivity index (χ0) is 17.9. The minimum Gasteiger partial charge on any atom is -0.386 e. The monoisotopic (exact) mass is 355 g/mol. The zero-order valence-corrected chi connectivity index (χ0v) is 14.8. The second-order valence-electron chi connectivity index (χ2n) is 7.24. The fourth-order valence-corrected chi connectivity index (χ4v) is 3.46. The molecule has 0 radical (unpaired) electrons. The van der Waals surface area contributed by atoms with Gasteiger partial charge in [-0.1, -0.05) is 0 Å². The first-order chi connectivity index (χ1) is 12.7. The molecule has 1 saturated carbocycles. The molecule has 1 amide bonds. The summed E-state index contributed by atoms with van der Waals surface area (Å²) in [5, 5.41) is 17.8. The van der Waals surface area contributed by atoms with Crippen molar-refractivity contribution in [1.29, 1.82) is 0 Å². The van der Waals surface area contributed by atoms with Crippen molar-refractivity contribution >= 4 is 11.6 Å². The van der Waals surface area contributed by atoms with E-state index in [9.17, 15) is 9.90 Å². The molecule has 0 spiro atoms. The Kier molecular flexibility index (Phi) is 4.99. The van der Waals surface area contributed by atoms with Crippen molar-refractivity contribution in [2.45, 2.75) is 44.9 Å². The molecule has 0 saturated heterocycles. The summed E-state index contributed by atoms with van der Waals surface area (Å²) in [7, 11) is 0. The summed E-state index contributed by atoms with van der Waals surface area (Å²) in [4.78, 5) is 18.4. The second kappa shape index (κ2) is 7.55. The number of fused-ring (bicyclic) bond motifs is 1. The molecule has 2 aliphatic rings. The van der Waals surface area contributed by atoms with E-state index < -0.39 is 6.10 Å². The Morgan fingerprint density at radius 2 is 2.27 bits per heavy atom. The summed E-state index contributed by atoms with van der Waals surface area (Å²) >= 11 is 0. The molecule has 1 fully saturated rings. The van der Waals surface area contributed by atoms with Crippen LogP contribution in [0.2, 0.25) is 0 Å². The average Bonchev–Trinajstić information content (AvgIpc) is 3.45. The topological polar surface area (TPSA) is 83.3 Å². The number of hydrogen-bond acceptors (Lipinski definition) is 5. The largest absolute Gasteiger partial charge is 0.386 e. The van der Waals surface area contributed by atoms with Crippen molar-refractivity contribution in [2.75, 3.05) is 18.4 Å². The maximum atomic E-state index is 12.1. The van der Waals surface area contributed by atoms with E-state index in [2.05, 4.69) is 20.3 Å². The fraction of sp³-hybridized carbons (Fsp3) is 0.526. The average molecular weight is 355 g/mol. The molecule has 4 rings (SSSR count). The van der Waals surface area contributed by atoms with E-state index in [1.54, 1.807) is 18.5 Å². The highest BCUT2D eigenvalue weighted by atomic mass is 16.3. The van der Waals surface area contributed by atoms with Crippen LogP contribution in [0.5, 0.6) is 0 Å². The van der Waals surface area contributed by atoms with Gasteiger partial charge in [-0.2, -0.15) is 5.10 Å². The van der Waals surface area contributed by atoms with Gasteiger partial charge in [0.1, 0.15) is 6.10 Å². The van der Waals surface area contributed by atoms with Crippen molar-refractivity contribution < 1.29 is 9.90 Å². The number of aliphatic hydroxyl groups is 1. The van der Waals surface area contributed by atoms with Gasteiger partial charge < -0.3 is 10.4 Å². The van der Waals surface area contributed by atoms with Crippen LogP contribution in [0.4, 0.5) is 5.69 Å². The molecule has 26 heavy (non-hydrogen) atoms. The molecule has 138 valence electrons. The lowest BCUT2D eigenvalue weighted by molar-refractivity contribution is -0.116. The van der Waals surface area contributed by atoms with E-state index in [-0.39, 0.29) is 5.91 Å². The summed E-state index contributed by atoms with van der Waals surface area (Å²) in [5.74, 6) is 0.391. The first-order valence-electron chi connectivity index (χ1n) is 9.36. The van der Waals surface area contributed by atoms with Crippen LogP contribution in [0.1, 0.15) is 43.2 Å². The van der Waals surface area contributed by atoms with Crippen LogP contribution in [0.25, 0.3) is 0 Å². The number of pyridine rings is 1. The minimum absolute atomic E-state index is 0.000555. The number of aliphatic hydroxyl groups excluding tert-OH is 1. The summed E-state index contributed by atoms with van der Waals surface area (Å²) in [6.45, 7) is 3.29. The van der Waals surface area contributed by atoms with Crippen molar-refractivity contribution in [3.05, 3.63) is 42.0 Å². The number of hydrogen-bond donors (Lipinski definition) is 2. The number of amides is 1. The third-order valence-corrected chi connectivity index (χ3v) is 5.08. The Hall–Kier alpha value is -2.25. The van der Waals surface area contributed by atoms with Gasteiger partial charge in [-0.05, 0) is 43.4 Å². The number of anilines is 1. The number of carbonyl (C=O) groups excluding carboxylic acids is 1. The Morgan fingerprint density at radius 3 is 3.04 bits per heavy atom. The third-order valence-electron chi connectivity index (χ3n) is 5.08. The van der Waals surface area contributed by atoms with Gasteiger partial charge in [0, 0.05) is 38.8 Å². The number of nitrogens with one attached hydrogen (secondary N) is 1. The van der Waals surface area contributed by atoms with Crippen molar-refractivity contribution in [1.82, 2.24) is 19.7 Å². The molecule has 0 bridgehead atoms. The van der Waals surface area contributed by atoms with Gasteiger partial charge in [0.15, 0.2) is 0 Å². The normalized spacial score (nSPS) is 18.8. The molecule has 7 heteroatoms. The lowest BCUT2D eigenvalue weighted by Crippen LogP contribution is -2.27. The smallest absolute Gasteiger partial charge is 0.225 e. The standard InChI is InChI=1S/C19H25N5O2/c25-18(21-15-3-1-7-20-12-15)6-10-23-8-2-9-24-16(13-23)11-17(22-24)19(26)14-4-5-14/h1,3,7,11-12,14,19,26H,2,4-6,8-10,13H2,(H,21,25). The van der Waals surface area contributed by atoms with Crippen molar-refractivity contribution in [3.63, 3.8) is 0 Å². The van der Waals surface area contributed by atoms with E-state index in [1.165, 1.54) is 0 Å². The summed E-state index contributed by atoms with van der Waals surface area (Å²) in [6.07, 6.45) is 6.55. The van der Waals surface area contributed by atoms with E-state index in [0.717, 1.165) is 56.0 Å². The highest BCUT2D eigenvalue weighted by molar-refractivity contribution is 5.90. The number of aryl methyl sites for hydroxylation is 1. The van der Waals surface area contributed by atoms with E-state index in [4.69, 9.17) is 0 Å².